The number of nitrogens with zero attached hydrogens (tertiary/aromatic N) is 1. The Labute approximate surface area is 107 Å². The lowest BCUT2D eigenvalue weighted by Crippen LogP contribution is -2.61. The van der Waals surface area contributed by atoms with Gasteiger partial charge in [-0.1, -0.05) is 0 Å². The number of rotatable bonds is 1. The Kier molecular flexibility index (Phi) is 2.55. The molecule has 3 rings (SSSR count). The van der Waals surface area contributed by atoms with Gasteiger partial charge in [-0.3, -0.25) is 4.79 Å². The fourth-order valence-corrected chi connectivity index (χ4v) is 2.71. The number of nitrogens with one attached hydrogen (secondary N) is 1. The quantitative estimate of drug-likeness (QED) is 0.784. The molecule has 96 valence electrons. The average molecular weight is 246 g/mol. The zero-order valence-electron chi connectivity index (χ0n) is 10.6. The Hall–Kier alpha value is -1.55. The topological polar surface area (TPSA) is 52.6 Å². The Bertz CT molecular complexity index is 489. The number of anilines is 1. The zero-order valence-corrected chi connectivity index (χ0v) is 10.6. The van der Waals surface area contributed by atoms with Crippen LogP contribution in [-0.2, 0) is 6.42 Å². The first kappa shape index (κ1) is 11.5. The number of carbonyl (C=O) groups excluding carboxylic acids is 1. The first-order valence-corrected chi connectivity index (χ1v) is 6.44. The molecular formula is C14H18N2O2. The zero-order chi connectivity index (χ0) is 12.8. The number of β-amino-alcohol motifs (C(OH)–C–C–N with tert-alkyl or cyclic N) is 1. The highest BCUT2D eigenvalue weighted by atomic mass is 16.3. The van der Waals surface area contributed by atoms with Crippen LogP contribution in [0.1, 0.15) is 29.3 Å². The van der Waals surface area contributed by atoms with Crippen LogP contribution in [0.4, 0.5) is 5.69 Å². The van der Waals surface area contributed by atoms with Gasteiger partial charge in [0, 0.05) is 17.8 Å². The molecule has 1 aromatic rings. The molecule has 1 fully saturated rings. The van der Waals surface area contributed by atoms with Crippen molar-refractivity contribution < 1.29 is 9.90 Å². The molecule has 2 N–H and O–H groups in total. The van der Waals surface area contributed by atoms with Crippen molar-refractivity contribution in [3.05, 3.63) is 29.3 Å². The summed E-state index contributed by atoms with van der Waals surface area (Å²) < 4.78 is 0. The van der Waals surface area contributed by atoms with Gasteiger partial charge in [-0.2, -0.15) is 0 Å². The highest BCUT2D eigenvalue weighted by molar-refractivity contribution is 5.95. The van der Waals surface area contributed by atoms with Crippen LogP contribution in [0.2, 0.25) is 0 Å². The van der Waals surface area contributed by atoms with E-state index in [1.54, 1.807) is 11.8 Å². The second-order valence-corrected chi connectivity index (χ2v) is 5.56. The predicted octanol–water partition coefficient (Wildman–Crippen LogP) is 1.25. The van der Waals surface area contributed by atoms with Crippen LogP contribution in [0.5, 0.6) is 0 Å². The van der Waals surface area contributed by atoms with Gasteiger partial charge in [-0.05, 0) is 43.5 Å². The third kappa shape index (κ3) is 1.97. The van der Waals surface area contributed by atoms with E-state index >= 15 is 0 Å². The van der Waals surface area contributed by atoms with E-state index in [-0.39, 0.29) is 5.91 Å². The standard InChI is InChI=1S/C14H18N2O2/c1-14(18)8-16(9-14)13(17)11-4-5-12-10(7-11)3-2-6-15-12/h4-5,7,15,18H,2-3,6,8-9H2,1H3. The predicted molar refractivity (Wildman–Crippen MR) is 69.8 cm³/mol. The first-order chi connectivity index (χ1) is 8.55. The number of benzene rings is 1. The summed E-state index contributed by atoms with van der Waals surface area (Å²) in [5, 5.41) is 13.0. The number of carbonyl (C=O) groups is 1. The van der Waals surface area contributed by atoms with Crippen molar-refractivity contribution in [1.82, 2.24) is 4.90 Å². The number of aliphatic hydroxyl groups is 1. The summed E-state index contributed by atoms with van der Waals surface area (Å²) >= 11 is 0. The summed E-state index contributed by atoms with van der Waals surface area (Å²) in [7, 11) is 0. The van der Waals surface area contributed by atoms with Crippen molar-refractivity contribution >= 4 is 11.6 Å². The minimum Gasteiger partial charge on any atom is -0.386 e. The maximum atomic E-state index is 12.2. The molecule has 4 heteroatoms. The van der Waals surface area contributed by atoms with Crippen LogP contribution in [0.3, 0.4) is 0 Å². The lowest BCUT2D eigenvalue weighted by atomic mass is 9.94. The molecule has 0 saturated carbocycles. The van der Waals surface area contributed by atoms with Crippen LogP contribution < -0.4 is 5.32 Å². The molecule has 4 nitrogen and oxygen atoms in total. The molecule has 0 radical (unpaired) electrons. The van der Waals surface area contributed by atoms with Crippen LogP contribution in [0, 0.1) is 0 Å². The summed E-state index contributed by atoms with van der Waals surface area (Å²) in [6, 6.07) is 5.84. The van der Waals surface area contributed by atoms with Crippen LogP contribution >= 0.6 is 0 Å². The molecule has 0 aliphatic carbocycles. The van der Waals surface area contributed by atoms with E-state index in [0.29, 0.717) is 13.1 Å². The number of aryl methyl sites for hydroxylation is 1. The minimum absolute atomic E-state index is 0.0231. The molecule has 2 aliphatic heterocycles. The Morgan fingerprint density at radius 2 is 2.22 bits per heavy atom. The lowest BCUT2D eigenvalue weighted by Gasteiger charge is -2.44. The summed E-state index contributed by atoms with van der Waals surface area (Å²) in [6.07, 6.45) is 2.14. The number of hydrogen-bond acceptors (Lipinski definition) is 3. The van der Waals surface area contributed by atoms with Crippen molar-refractivity contribution in [3.63, 3.8) is 0 Å². The van der Waals surface area contributed by atoms with Gasteiger partial charge in [0.1, 0.15) is 0 Å². The summed E-state index contributed by atoms with van der Waals surface area (Å²) in [4.78, 5) is 13.9. The molecule has 0 bridgehead atoms. The summed E-state index contributed by atoms with van der Waals surface area (Å²) in [5.74, 6) is 0.0231. The van der Waals surface area contributed by atoms with Gasteiger partial charge in [-0.25, -0.2) is 0 Å². The second-order valence-electron chi connectivity index (χ2n) is 5.56. The molecule has 0 atom stereocenters. The average Bonchev–Trinajstić information content (AvgIpc) is 2.34. The second kappa shape index (κ2) is 3.99. The van der Waals surface area contributed by atoms with Crippen molar-refractivity contribution in [2.45, 2.75) is 25.4 Å². The number of amides is 1. The van der Waals surface area contributed by atoms with Crippen molar-refractivity contribution in [2.75, 3.05) is 25.0 Å². The SMILES string of the molecule is CC1(O)CN(C(=O)c2ccc3c(c2)CCCN3)C1. The fraction of sp³-hybridized carbons (Fsp3) is 0.500. The molecule has 1 amide bonds. The smallest absolute Gasteiger partial charge is 0.254 e. The first-order valence-electron chi connectivity index (χ1n) is 6.44. The van der Waals surface area contributed by atoms with Gasteiger partial charge in [0.15, 0.2) is 0 Å². The monoisotopic (exact) mass is 246 g/mol. The molecular weight excluding hydrogens is 228 g/mol. The molecule has 0 spiro atoms. The van der Waals surface area contributed by atoms with Gasteiger partial charge >= 0.3 is 0 Å². The summed E-state index contributed by atoms with van der Waals surface area (Å²) in [6.45, 7) is 3.63. The van der Waals surface area contributed by atoms with E-state index in [9.17, 15) is 9.90 Å². The van der Waals surface area contributed by atoms with Crippen molar-refractivity contribution in [2.24, 2.45) is 0 Å². The molecule has 1 saturated heterocycles. The van der Waals surface area contributed by atoms with Crippen LogP contribution in [-0.4, -0.2) is 41.1 Å². The number of likely N-dealkylation sites (tertiary alicyclic amines) is 1. The van der Waals surface area contributed by atoms with E-state index < -0.39 is 5.60 Å². The lowest BCUT2D eigenvalue weighted by molar-refractivity contribution is -0.0668. The van der Waals surface area contributed by atoms with Gasteiger partial charge in [-0.15, -0.1) is 0 Å². The van der Waals surface area contributed by atoms with Crippen molar-refractivity contribution in [3.8, 4) is 0 Å². The van der Waals surface area contributed by atoms with E-state index in [1.165, 1.54) is 5.56 Å². The Morgan fingerprint density at radius 3 is 2.94 bits per heavy atom. The van der Waals surface area contributed by atoms with E-state index in [2.05, 4.69) is 5.32 Å². The molecule has 2 aliphatic rings. The number of hydrogen-bond donors (Lipinski definition) is 2. The molecule has 2 heterocycles. The molecule has 0 unspecified atom stereocenters. The summed E-state index contributed by atoms with van der Waals surface area (Å²) in [5.41, 5.74) is 2.39. The van der Waals surface area contributed by atoms with Gasteiger partial charge in [0.2, 0.25) is 0 Å². The normalized spacial score (nSPS) is 20.7. The molecule has 1 aromatic carbocycles. The highest BCUT2D eigenvalue weighted by Gasteiger charge is 2.39. The Balaban J connectivity index is 1.78. The van der Waals surface area contributed by atoms with Crippen LogP contribution in [0.25, 0.3) is 0 Å². The number of fused-ring (bicyclic) bond motifs is 1. The largest absolute Gasteiger partial charge is 0.386 e. The van der Waals surface area contributed by atoms with E-state index in [1.807, 2.05) is 18.2 Å². The Morgan fingerprint density at radius 1 is 1.44 bits per heavy atom. The van der Waals surface area contributed by atoms with Crippen LogP contribution in [0.15, 0.2) is 18.2 Å². The van der Waals surface area contributed by atoms with E-state index in [0.717, 1.165) is 30.6 Å². The molecule has 18 heavy (non-hydrogen) atoms. The van der Waals surface area contributed by atoms with Gasteiger partial charge in [0.25, 0.3) is 5.91 Å². The third-order valence-corrected chi connectivity index (χ3v) is 3.64. The maximum absolute atomic E-state index is 12.2. The fourth-order valence-electron chi connectivity index (χ4n) is 2.71. The van der Waals surface area contributed by atoms with E-state index in [4.69, 9.17) is 0 Å². The maximum Gasteiger partial charge on any atom is 0.254 e. The highest BCUT2D eigenvalue weighted by Crippen LogP contribution is 2.26. The third-order valence-electron chi connectivity index (χ3n) is 3.64. The minimum atomic E-state index is -0.703. The molecule has 0 aromatic heterocycles. The van der Waals surface area contributed by atoms with Crippen molar-refractivity contribution in [1.29, 1.82) is 0 Å². The van der Waals surface area contributed by atoms with Gasteiger partial charge < -0.3 is 15.3 Å². The van der Waals surface area contributed by atoms with Gasteiger partial charge in [0.05, 0.1) is 18.7 Å².